The van der Waals surface area contributed by atoms with Crippen molar-refractivity contribution in [3.05, 3.63) is 79.9 Å². The Kier molecular flexibility index (Phi) is 6.06. The number of fused-ring (bicyclic) bond motifs is 1. The molecule has 0 bridgehead atoms. The van der Waals surface area contributed by atoms with E-state index in [0.717, 1.165) is 11.8 Å². The fourth-order valence-corrected chi connectivity index (χ4v) is 3.32. The van der Waals surface area contributed by atoms with E-state index in [1.165, 1.54) is 18.3 Å². The number of nitrogens with one attached hydrogen (secondary N) is 1. The van der Waals surface area contributed by atoms with Gasteiger partial charge in [0.25, 0.3) is 5.69 Å². The van der Waals surface area contributed by atoms with Crippen molar-refractivity contribution >= 4 is 40.9 Å². The Bertz CT molecular complexity index is 1130. The fraction of sp³-hybridized carbons (Fsp3) is 0.100. The molecule has 0 saturated heterocycles. The first-order chi connectivity index (χ1) is 15.0. The normalized spacial score (nSPS) is 12.2. The summed E-state index contributed by atoms with van der Waals surface area (Å²) in [5, 5.41) is 15.3. The third kappa shape index (κ3) is 4.96. The van der Waals surface area contributed by atoms with E-state index >= 15 is 0 Å². The average Bonchev–Trinajstić information content (AvgIpc) is 3.21. The van der Waals surface area contributed by atoms with Gasteiger partial charge in [-0.25, -0.2) is 4.98 Å². The lowest BCUT2D eigenvalue weighted by Gasteiger charge is -2.11. The van der Waals surface area contributed by atoms with Gasteiger partial charge in [0.15, 0.2) is 17.2 Å². The van der Waals surface area contributed by atoms with Crippen LogP contribution in [0.3, 0.4) is 0 Å². The summed E-state index contributed by atoms with van der Waals surface area (Å²) in [6, 6.07) is 11.6. The molecule has 3 aromatic rings. The summed E-state index contributed by atoms with van der Waals surface area (Å²) in [6.07, 6.45) is 2.63. The minimum atomic E-state index is -0.528. The number of ether oxygens (including phenoxy) is 3. The molecule has 1 aliphatic heterocycles. The molecule has 0 saturated carbocycles. The maximum atomic E-state index is 10.6. The molecule has 0 radical (unpaired) electrons. The molecule has 0 atom stereocenters. The Morgan fingerprint density at radius 2 is 1.94 bits per heavy atom. The molecule has 1 aromatic heterocycles. The van der Waals surface area contributed by atoms with Crippen molar-refractivity contribution in [2.75, 3.05) is 12.2 Å². The van der Waals surface area contributed by atoms with Crippen LogP contribution >= 0.6 is 23.2 Å². The number of hydrogen-bond acceptors (Lipinski definition) is 8. The summed E-state index contributed by atoms with van der Waals surface area (Å²) in [5.41, 5.74) is 4.07. The van der Waals surface area contributed by atoms with E-state index < -0.39 is 4.92 Å². The third-order valence-electron chi connectivity index (χ3n) is 4.19. The number of rotatable bonds is 7. The van der Waals surface area contributed by atoms with Crippen LogP contribution in [0, 0.1) is 10.1 Å². The molecule has 11 heteroatoms. The molecule has 158 valence electrons. The lowest BCUT2D eigenvalue weighted by molar-refractivity contribution is -0.385. The second-order valence-corrected chi connectivity index (χ2v) is 7.13. The summed E-state index contributed by atoms with van der Waals surface area (Å²) in [4.78, 5) is 14.0. The summed E-state index contributed by atoms with van der Waals surface area (Å²) < 4.78 is 16.4. The predicted molar refractivity (Wildman–Crippen MR) is 115 cm³/mol. The minimum absolute atomic E-state index is 0.107. The molecule has 1 aliphatic rings. The number of nitro groups is 1. The maximum Gasteiger partial charge on any atom is 0.287 e. The van der Waals surface area contributed by atoms with E-state index in [2.05, 4.69) is 15.5 Å². The van der Waals surface area contributed by atoms with Crippen LogP contribution in [0.15, 0.2) is 53.8 Å². The van der Waals surface area contributed by atoms with Crippen LogP contribution in [0.5, 0.6) is 17.2 Å². The lowest BCUT2D eigenvalue weighted by Crippen LogP contribution is -1.98. The van der Waals surface area contributed by atoms with E-state index in [1.807, 2.05) is 18.2 Å². The third-order valence-corrected chi connectivity index (χ3v) is 4.75. The molecule has 0 aliphatic carbocycles. The zero-order chi connectivity index (χ0) is 21.8. The van der Waals surface area contributed by atoms with Crippen molar-refractivity contribution in [3.63, 3.8) is 0 Å². The van der Waals surface area contributed by atoms with Crippen LogP contribution in [0.2, 0.25) is 10.0 Å². The van der Waals surface area contributed by atoms with Crippen molar-refractivity contribution in [2.45, 2.75) is 6.61 Å². The van der Waals surface area contributed by atoms with Crippen molar-refractivity contribution in [1.29, 1.82) is 0 Å². The number of pyridine rings is 1. The maximum absolute atomic E-state index is 10.6. The van der Waals surface area contributed by atoms with Crippen LogP contribution in [0.4, 0.5) is 11.5 Å². The van der Waals surface area contributed by atoms with Gasteiger partial charge in [-0.3, -0.25) is 15.5 Å². The molecule has 2 heterocycles. The van der Waals surface area contributed by atoms with E-state index in [9.17, 15) is 10.1 Å². The highest BCUT2D eigenvalue weighted by molar-refractivity contribution is 6.37. The molecule has 1 N–H and O–H groups in total. The standard InChI is InChI=1S/C20H14Cl2N4O5/c21-15-5-13(8-24-25-19-4-2-14(9-23-19)26(27)28)6-16(22)20(15)29-10-12-1-3-17-18(7-12)31-11-30-17/h1-9H,10-11H2,(H,23,25)/b24-8+. The van der Waals surface area contributed by atoms with Gasteiger partial charge in [0.2, 0.25) is 6.79 Å². The predicted octanol–water partition coefficient (Wildman–Crippen LogP) is 5.05. The van der Waals surface area contributed by atoms with Gasteiger partial charge in [0.05, 0.1) is 21.2 Å². The number of nitrogens with zero attached hydrogens (tertiary/aromatic N) is 3. The van der Waals surface area contributed by atoms with E-state index in [1.54, 1.807) is 12.1 Å². The average molecular weight is 461 g/mol. The topological polar surface area (TPSA) is 108 Å². The highest BCUT2D eigenvalue weighted by atomic mass is 35.5. The molecule has 4 rings (SSSR count). The molecule has 9 nitrogen and oxygen atoms in total. The number of hydrazone groups is 1. The number of benzene rings is 2. The van der Waals surface area contributed by atoms with Gasteiger partial charge in [-0.2, -0.15) is 5.10 Å². The molecular formula is C20H14Cl2N4O5. The Morgan fingerprint density at radius 1 is 1.16 bits per heavy atom. The van der Waals surface area contributed by atoms with E-state index in [4.69, 9.17) is 37.4 Å². The number of halogens is 2. The lowest BCUT2D eigenvalue weighted by atomic mass is 10.2. The van der Waals surface area contributed by atoms with Crippen LogP contribution in [-0.4, -0.2) is 22.9 Å². The van der Waals surface area contributed by atoms with Crippen LogP contribution in [0.25, 0.3) is 0 Å². The quantitative estimate of drug-likeness (QED) is 0.298. The first-order valence-corrected chi connectivity index (χ1v) is 9.65. The molecule has 0 unspecified atom stereocenters. The minimum Gasteiger partial charge on any atom is -0.486 e. The zero-order valence-electron chi connectivity index (χ0n) is 15.7. The van der Waals surface area contributed by atoms with Gasteiger partial charge in [-0.1, -0.05) is 29.3 Å². The van der Waals surface area contributed by atoms with Gasteiger partial charge in [0, 0.05) is 6.07 Å². The van der Waals surface area contributed by atoms with Crippen molar-refractivity contribution < 1.29 is 19.1 Å². The zero-order valence-corrected chi connectivity index (χ0v) is 17.3. The smallest absolute Gasteiger partial charge is 0.287 e. The largest absolute Gasteiger partial charge is 0.486 e. The van der Waals surface area contributed by atoms with Crippen molar-refractivity contribution in [1.82, 2.24) is 4.98 Å². The number of anilines is 1. The monoisotopic (exact) mass is 460 g/mol. The summed E-state index contributed by atoms with van der Waals surface area (Å²) >= 11 is 12.7. The molecule has 0 spiro atoms. The Balaban J connectivity index is 1.39. The van der Waals surface area contributed by atoms with Gasteiger partial charge in [-0.05, 0) is 41.5 Å². The van der Waals surface area contributed by atoms with Crippen LogP contribution in [-0.2, 0) is 6.61 Å². The Labute approximate surface area is 186 Å². The molecule has 0 amide bonds. The number of aromatic nitrogens is 1. The first kappa shape index (κ1) is 20.7. The molecular weight excluding hydrogens is 447 g/mol. The Hall–Kier alpha value is -3.56. The van der Waals surface area contributed by atoms with Crippen molar-refractivity contribution in [3.8, 4) is 17.2 Å². The SMILES string of the molecule is O=[N+]([O-])c1ccc(N/N=C/c2cc(Cl)c(OCc3ccc4c(c3)OCO4)c(Cl)c2)nc1. The van der Waals surface area contributed by atoms with Gasteiger partial charge in [0.1, 0.15) is 18.6 Å². The second kappa shape index (κ2) is 9.07. The van der Waals surface area contributed by atoms with Crippen LogP contribution in [0.1, 0.15) is 11.1 Å². The van der Waals surface area contributed by atoms with E-state index in [0.29, 0.717) is 38.7 Å². The van der Waals surface area contributed by atoms with Crippen molar-refractivity contribution in [2.24, 2.45) is 5.10 Å². The Morgan fingerprint density at radius 3 is 2.65 bits per heavy atom. The highest BCUT2D eigenvalue weighted by Gasteiger charge is 2.14. The fourth-order valence-electron chi connectivity index (χ4n) is 2.71. The molecule has 31 heavy (non-hydrogen) atoms. The van der Waals surface area contributed by atoms with Crippen LogP contribution < -0.4 is 19.6 Å². The highest BCUT2D eigenvalue weighted by Crippen LogP contribution is 2.36. The number of hydrogen-bond donors (Lipinski definition) is 1. The summed E-state index contributed by atoms with van der Waals surface area (Å²) in [5.74, 6) is 2.06. The second-order valence-electron chi connectivity index (χ2n) is 6.32. The molecule has 0 fully saturated rings. The molecule has 2 aromatic carbocycles. The summed E-state index contributed by atoms with van der Waals surface area (Å²) in [6.45, 7) is 0.451. The van der Waals surface area contributed by atoms with Gasteiger partial charge < -0.3 is 14.2 Å². The first-order valence-electron chi connectivity index (χ1n) is 8.89. The van der Waals surface area contributed by atoms with E-state index in [-0.39, 0.29) is 19.1 Å². The van der Waals surface area contributed by atoms with Gasteiger partial charge in [-0.15, -0.1) is 0 Å². The van der Waals surface area contributed by atoms with Gasteiger partial charge >= 0.3 is 0 Å². The summed E-state index contributed by atoms with van der Waals surface area (Å²) in [7, 11) is 0.